The van der Waals surface area contributed by atoms with Gasteiger partial charge in [-0.2, -0.15) is 0 Å². The summed E-state index contributed by atoms with van der Waals surface area (Å²) in [5.74, 6) is -1.12. The summed E-state index contributed by atoms with van der Waals surface area (Å²) in [6, 6.07) is 4.35. The van der Waals surface area contributed by atoms with Crippen LogP contribution in [0.5, 0.6) is 0 Å². The van der Waals surface area contributed by atoms with Gasteiger partial charge in [0.1, 0.15) is 0 Å². The van der Waals surface area contributed by atoms with Crippen molar-refractivity contribution in [1.82, 2.24) is 10.2 Å². The first-order valence-electron chi connectivity index (χ1n) is 6.76. The third-order valence-corrected chi connectivity index (χ3v) is 3.95. The van der Waals surface area contributed by atoms with E-state index < -0.39 is 5.97 Å². The predicted molar refractivity (Wildman–Crippen MR) is 81.1 cm³/mol. The first-order chi connectivity index (χ1) is 9.99. The Kier molecular flexibility index (Phi) is 5.03. The predicted octanol–water partition coefficient (Wildman–Crippen LogP) is 2.25. The fourth-order valence-electron chi connectivity index (χ4n) is 2.34. The van der Waals surface area contributed by atoms with Gasteiger partial charge in [0.2, 0.25) is 0 Å². The molecule has 1 aliphatic rings. The molecule has 1 saturated heterocycles. The van der Waals surface area contributed by atoms with Crippen LogP contribution >= 0.6 is 11.6 Å². The quantitative estimate of drug-likeness (QED) is 0.799. The summed E-state index contributed by atoms with van der Waals surface area (Å²) >= 11 is 5.80. The van der Waals surface area contributed by atoms with Gasteiger partial charge in [0.15, 0.2) is 0 Å². The molecule has 1 fully saturated rings. The number of hydrogen-bond acceptors (Lipinski definition) is 3. The number of urea groups is 1. The Morgan fingerprint density at radius 1 is 1.38 bits per heavy atom. The number of hydrogen-bond donors (Lipinski definition) is 3. The summed E-state index contributed by atoms with van der Waals surface area (Å²) in [6.07, 6.45) is 1.82. The van der Waals surface area contributed by atoms with Gasteiger partial charge in [-0.3, -0.25) is 0 Å². The molecule has 0 bridgehead atoms. The molecule has 21 heavy (non-hydrogen) atoms. The van der Waals surface area contributed by atoms with Gasteiger partial charge in [-0.25, -0.2) is 9.59 Å². The van der Waals surface area contributed by atoms with Crippen molar-refractivity contribution >= 4 is 29.3 Å². The zero-order chi connectivity index (χ0) is 15.4. The van der Waals surface area contributed by atoms with E-state index in [1.165, 1.54) is 12.1 Å². The van der Waals surface area contributed by atoms with Gasteiger partial charge in [-0.05, 0) is 44.1 Å². The van der Waals surface area contributed by atoms with E-state index in [0.29, 0.717) is 5.69 Å². The molecule has 0 radical (unpaired) electrons. The van der Waals surface area contributed by atoms with Crippen LogP contribution in [0.4, 0.5) is 10.5 Å². The standard InChI is InChI=1S/C14H18ClN3O3/c1-18(10-4-6-16-7-5-10)14(21)17-9-2-3-12(15)11(8-9)13(19)20/h2-3,8,10,16H,4-7H2,1H3,(H,17,21)(H,19,20). The molecule has 2 rings (SSSR count). The summed E-state index contributed by atoms with van der Waals surface area (Å²) in [5.41, 5.74) is 0.390. The summed E-state index contributed by atoms with van der Waals surface area (Å²) in [5, 5.41) is 15.1. The monoisotopic (exact) mass is 311 g/mol. The maximum Gasteiger partial charge on any atom is 0.337 e. The number of anilines is 1. The minimum absolute atomic E-state index is 0.0287. The van der Waals surface area contributed by atoms with E-state index >= 15 is 0 Å². The molecular weight excluding hydrogens is 294 g/mol. The lowest BCUT2D eigenvalue weighted by atomic mass is 10.1. The lowest BCUT2D eigenvalue weighted by Crippen LogP contribution is -2.45. The van der Waals surface area contributed by atoms with Gasteiger partial charge in [0.25, 0.3) is 0 Å². The number of aromatic carboxylic acids is 1. The molecule has 1 heterocycles. The Morgan fingerprint density at radius 2 is 2.05 bits per heavy atom. The lowest BCUT2D eigenvalue weighted by molar-refractivity contribution is 0.0697. The van der Waals surface area contributed by atoms with Crippen LogP contribution in [0.25, 0.3) is 0 Å². The van der Waals surface area contributed by atoms with Gasteiger partial charge >= 0.3 is 12.0 Å². The number of carbonyl (C=O) groups is 2. The van der Waals surface area contributed by atoms with Crippen molar-refractivity contribution in [2.45, 2.75) is 18.9 Å². The third-order valence-electron chi connectivity index (χ3n) is 3.62. The number of halogens is 1. The normalized spacial score (nSPS) is 15.5. The molecule has 0 aliphatic carbocycles. The molecular formula is C14H18ClN3O3. The van der Waals surface area contributed by atoms with Gasteiger partial charge in [0, 0.05) is 18.8 Å². The number of nitrogens with one attached hydrogen (secondary N) is 2. The second kappa shape index (κ2) is 6.78. The molecule has 6 nitrogen and oxygen atoms in total. The van der Waals surface area contributed by atoms with Crippen molar-refractivity contribution in [2.75, 3.05) is 25.5 Å². The number of rotatable bonds is 3. The van der Waals surface area contributed by atoms with E-state index in [-0.39, 0.29) is 22.7 Å². The fraction of sp³-hybridized carbons (Fsp3) is 0.429. The molecule has 0 aromatic heterocycles. The zero-order valence-corrected chi connectivity index (χ0v) is 12.5. The van der Waals surface area contributed by atoms with Crippen molar-refractivity contribution in [3.05, 3.63) is 28.8 Å². The molecule has 0 unspecified atom stereocenters. The van der Waals surface area contributed by atoms with E-state index in [4.69, 9.17) is 16.7 Å². The van der Waals surface area contributed by atoms with Crippen molar-refractivity contribution in [1.29, 1.82) is 0 Å². The Balaban J connectivity index is 2.05. The maximum absolute atomic E-state index is 12.2. The largest absolute Gasteiger partial charge is 0.478 e. The highest BCUT2D eigenvalue weighted by atomic mass is 35.5. The molecule has 2 amide bonds. The highest BCUT2D eigenvalue weighted by Crippen LogP contribution is 2.21. The fourth-order valence-corrected chi connectivity index (χ4v) is 2.54. The van der Waals surface area contributed by atoms with Gasteiger partial charge in [-0.1, -0.05) is 11.6 Å². The Hall–Kier alpha value is -1.79. The minimum atomic E-state index is -1.12. The number of carboxylic acid groups (broad SMARTS) is 1. The van der Waals surface area contributed by atoms with Crippen molar-refractivity contribution in [3.63, 3.8) is 0 Å². The Labute approximate surface area is 128 Å². The zero-order valence-electron chi connectivity index (χ0n) is 11.7. The van der Waals surface area contributed by atoms with Crippen LogP contribution in [0, 0.1) is 0 Å². The second-order valence-electron chi connectivity index (χ2n) is 5.02. The van der Waals surface area contributed by atoms with Gasteiger partial charge in [0.05, 0.1) is 10.6 Å². The molecule has 1 aliphatic heterocycles. The molecule has 0 spiro atoms. The highest BCUT2D eigenvalue weighted by molar-refractivity contribution is 6.33. The van der Waals surface area contributed by atoms with E-state index in [0.717, 1.165) is 25.9 Å². The number of nitrogens with zero attached hydrogens (tertiary/aromatic N) is 1. The van der Waals surface area contributed by atoms with Crippen molar-refractivity contribution < 1.29 is 14.7 Å². The van der Waals surface area contributed by atoms with Crippen LogP contribution in [0.15, 0.2) is 18.2 Å². The minimum Gasteiger partial charge on any atom is -0.478 e. The SMILES string of the molecule is CN(C(=O)Nc1ccc(Cl)c(C(=O)O)c1)C1CCNCC1. The third kappa shape index (κ3) is 3.86. The molecule has 114 valence electrons. The number of piperidine rings is 1. The Morgan fingerprint density at radius 3 is 2.67 bits per heavy atom. The van der Waals surface area contributed by atoms with E-state index in [2.05, 4.69) is 10.6 Å². The number of amides is 2. The summed E-state index contributed by atoms with van der Waals surface area (Å²) in [6.45, 7) is 1.79. The summed E-state index contributed by atoms with van der Waals surface area (Å²) < 4.78 is 0. The molecule has 7 heteroatoms. The number of carboxylic acids is 1. The van der Waals surface area contributed by atoms with Crippen LogP contribution < -0.4 is 10.6 Å². The van der Waals surface area contributed by atoms with E-state index in [1.807, 2.05) is 0 Å². The van der Waals surface area contributed by atoms with E-state index in [1.54, 1.807) is 18.0 Å². The smallest absolute Gasteiger partial charge is 0.337 e. The van der Waals surface area contributed by atoms with E-state index in [9.17, 15) is 9.59 Å². The molecule has 0 atom stereocenters. The topological polar surface area (TPSA) is 81.7 Å². The van der Waals surface area contributed by atoms with Gasteiger partial charge < -0.3 is 20.6 Å². The van der Waals surface area contributed by atoms with Gasteiger partial charge in [-0.15, -0.1) is 0 Å². The second-order valence-corrected chi connectivity index (χ2v) is 5.43. The average molecular weight is 312 g/mol. The molecule has 1 aromatic carbocycles. The van der Waals surface area contributed by atoms with Crippen LogP contribution in [-0.4, -0.2) is 48.2 Å². The Bertz CT molecular complexity index is 544. The molecule has 3 N–H and O–H groups in total. The first kappa shape index (κ1) is 15.6. The van der Waals surface area contributed by atoms with Crippen molar-refractivity contribution in [3.8, 4) is 0 Å². The van der Waals surface area contributed by atoms with Crippen LogP contribution in [0.1, 0.15) is 23.2 Å². The first-order valence-corrected chi connectivity index (χ1v) is 7.14. The summed E-state index contributed by atoms with van der Waals surface area (Å²) in [4.78, 5) is 24.9. The van der Waals surface area contributed by atoms with Crippen LogP contribution in [0.3, 0.4) is 0 Å². The number of benzene rings is 1. The average Bonchev–Trinajstić information content (AvgIpc) is 2.49. The maximum atomic E-state index is 12.2. The van der Waals surface area contributed by atoms with Crippen LogP contribution in [0.2, 0.25) is 5.02 Å². The van der Waals surface area contributed by atoms with Crippen LogP contribution in [-0.2, 0) is 0 Å². The molecule has 1 aromatic rings. The summed E-state index contributed by atoms with van der Waals surface area (Å²) in [7, 11) is 1.75. The lowest BCUT2D eigenvalue weighted by Gasteiger charge is -2.31. The highest BCUT2D eigenvalue weighted by Gasteiger charge is 2.22. The molecule has 0 saturated carbocycles. The van der Waals surface area contributed by atoms with Crippen molar-refractivity contribution in [2.24, 2.45) is 0 Å². The number of carbonyl (C=O) groups excluding carboxylic acids is 1.